The second kappa shape index (κ2) is 8.24. The number of rotatable bonds is 5. The van der Waals surface area contributed by atoms with Crippen molar-refractivity contribution in [3.8, 4) is 0 Å². The number of ether oxygens (including phenoxy) is 2. The van der Waals surface area contributed by atoms with Crippen molar-refractivity contribution in [1.82, 2.24) is 10.2 Å². The molecule has 0 aliphatic carbocycles. The first-order chi connectivity index (χ1) is 10.5. The zero-order chi connectivity index (χ0) is 17.7. The van der Waals surface area contributed by atoms with Crippen molar-refractivity contribution in [3.05, 3.63) is 0 Å². The minimum Gasteiger partial charge on any atom is -0.444 e. The van der Waals surface area contributed by atoms with Crippen LogP contribution in [-0.2, 0) is 9.47 Å². The van der Waals surface area contributed by atoms with Gasteiger partial charge in [-0.25, -0.2) is 13.6 Å². The van der Waals surface area contributed by atoms with Gasteiger partial charge in [-0.15, -0.1) is 0 Å². The summed E-state index contributed by atoms with van der Waals surface area (Å²) in [6.45, 7) is 8.15. The zero-order valence-electron chi connectivity index (χ0n) is 14.8. The summed E-state index contributed by atoms with van der Waals surface area (Å²) in [7, 11) is 1.66. The number of alkyl halides is 2. The largest absolute Gasteiger partial charge is 0.444 e. The lowest BCUT2D eigenvalue weighted by Gasteiger charge is -2.30. The van der Waals surface area contributed by atoms with Crippen LogP contribution >= 0.6 is 0 Å². The van der Waals surface area contributed by atoms with Gasteiger partial charge in [0, 0.05) is 26.1 Å². The molecule has 0 radical (unpaired) electrons. The van der Waals surface area contributed by atoms with Crippen molar-refractivity contribution >= 4 is 6.09 Å². The Morgan fingerprint density at radius 2 is 2.09 bits per heavy atom. The lowest BCUT2D eigenvalue weighted by atomic mass is 10.0. The van der Waals surface area contributed by atoms with Crippen LogP contribution in [0.2, 0.25) is 0 Å². The van der Waals surface area contributed by atoms with Gasteiger partial charge in [-0.1, -0.05) is 0 Å². The van der Waals surface area contributed by atoms with Crippen molar-refractivity contribution in [2.45, 2.75) is 70.6 Å². The summed E-state index contributed by atoms with van der Waals surface area (Å²) < 4.78 is 38.2. The maximum atomic E-state index is 13.9. The zero-order valence-corrected chi connectivity index (χ0v) is 14.8. The molecule has 0 aromatic carbocycles. The van der Waals surface area contributed by atoms with Gasteiger partial charge >= 0.3 is 6.09 Å². The van der Waals surface area contributed by atoms with Gasteiger partial charge < -0.3 is 19.7 Å². The van der Waals surface area contributed by atoms with Crippen LogP contribution in [0.15, 0.2) is 0 Å². The van der Waals surface area contributed by atoms with Crippen molar-refractivity contribution < 1.29 is 23.0 Å². The van der Waals surface area contributed by atoms with Gasteiger partial charge in [0.05, 0.1) is 12.6 Å². The van der Waals surface area contributed by atoms with Crippen molar-refractivity contribution in [2.75, 3.05) is 26.8 Å². The number of carbonyl (C=O) groups is 1. The number of carbonyl (C=O) groups excluding carboxylic acids is 1. The van der Waals surface area contributed by atoms with E-state index in [-0.39, 0.29) is 19.1 Å². The summed E-state index contributed by atoms with van der Waals surface area (Å²) in [5.41, 5.74) is -0.550. The maximum absolute atomic E-state index is 13.9. The molecule has 0 saturated carbocycles. The molecule has 1 rings (SSSR count). The molecule has 0 bridgehead atoms. The fraction of sp³-hybridized carbons (Fsp3) is 0.938. The second-order valence-electron chi connectivity index (χ2n) is 7.15. The fourth-order valence-electron chi connectivity index (χ4n) is 2.32. The van der Waals surface area contributed by atoms with Crippen LogP contribution < -0.4 is 5.32 Å². The summed E-state index contributed by atoms with van der Waals surface area (Å²) in [6.07, 6.45) is 0.211. The highest BCUT2D eigenvalue weighted by molar-refractivity contribution is 5.68. The Bertz CT molecular complexity index is 386. The van der Waals surface area contributed by atoms with E-state index in [0.717, 1.165) is 0 Å². The van der Waals surface area contributed by atoms with Crippen LogP contribution in [0, 0.1) is 0 Å². The molecule has 5 nitrogen and oxygen atoms in total. The van der Waals surface area contributed by atoms with E-state index in [0.29, 0.717) is 26.0 Å². The number of hydrogen-bond donors (Lipinski definition) is 1. The molecule has 0 aromatic rings. The normalized spacial score (nSPS) is 23.0. The number of nitrogens with one attached hydrogen (secondary N) is 1. The number of halogens is 2. The van der Waals surface area contributed by atoms with Crippen molar-refractivity contribution in [1.29, 1.82) is 0 Å². The van der Waals surface area contributed by atoms with E-state index in [1.807, 2.05) is 6.92 Å². The second-order valence-corrected chi connectivity index (χ2v) is 7.15. The van der Waals surface area contributed by atoms with Crippen LogP contribution in [-0.4, -0.2) is 61.4 Å². The molecule has 136 valence electrons. The summed E-state index contributed by atoms with van der Waals surface area (Å²) in [4.78, 5) is 13.5. The van der Waals surface area contributed by atoms with Gasteiger partial charge in [-0.3, -0.25) is 0 Å². The van der Waals surface area contributed by atoms with E-state index in [9.17, 15) is 13.6 Å². The van der Waals surface area contributed by atoms with Gasteiger partial charge in [0.25, 0.3) is 5.92 Å². The van der Waals surface area contributed by atoms with Gasteiger partial charge in [0.1, 0.15) is 5.60 Å². The molecule has 1 aliphatic rings. The summed E-state index contributed by atoms with van der Waals surface area (Å²) >= 11 is 0. The average Bonchev–Trinajstić information content (AvgIpc) is 2.57. The number of amides is 1. The van der Waals surface area contributed by atoms with E-state index >= 15 is 0 Å². The summed E-state index contributed by atoms with van der Waals surface area (Å²) in [5, 5.41) is 2.92. The highest BCUT2D eigenvalue weighted by Crippen LogP contribution is 2.27. The SMILES string of the molecule is CC(CCNC1CCOCCC1(F)F)N(C)C(=O)OC(C)(C)C. The molecule has 1 saturated heterocycles. The van der Waals surface area contributed by atoms with Crippen LogP contribution in [0.5, 0.6) is 0 Å². The van der Waals surface area contributed by atoms with Crippen LogP contribution in [0.1, 0.15) is 47.0 Å². The van der Waals surface area contributed by atoms with Gasteiger partial charge in [0.2, 0.25) is 0 Å². The Morgan fingerprint density at radius 1 is 1.43 bits per heavy atom. The highest BCUT2D eigenvalue weighted by Gasteiger charge is 2.40. The minimum atomic E-state index is -2.75. The molecule has 23 heavy (non-hydrogen) atoms. The van der Waals surface area contributed by atoms with Gasteiger partial charge in [0.15, 0.2) is 0 Å². The first-order valence-electron chi connectivity index (χ1n) is 8.18. The van der Waals surface area contributed by atoms with Gasteiger partial charge in [-0.2, -0.15) is 0 Å². The quantitative estimate of drug-likeness (QED) is 0.838. The Hall–Kier alpha value is -0.950. The first-order valence-corrected chi connectivity index (χ1v) is 8.18. The first kappa shape index (κ1) is 20.1. The molecule has 2 atom stereocenters. The molecule has 1 amide bonds. The van der Waals surface area contributed by atoms with Crippen LogP contribution in [0.4, 0.5) is 13.6 Å². The molecule has 7 heteroatoms. The third-order valence-electron chi connectivity index (χ3n) is 3.94. The standard InChI is InChI=1S/C16H30F2N2O3/c1-12(20(5)14(21)23-15(2,3)4)6-9-19-13-7-10-22-11-8-16(13,17)18/h12-13,19H,6-11H2,1-5H3. The lowest BCUT2D eigenvalue weighted by Crippen LogP contribution is -2.46. The maximum Gasteiger partial charge on any atom is 0.410 e. The topological polar surface area (TPSA) is 50.8 Å². The Balaban J connectivity index is 2.40. The van der Waals surface area contributed by atoms with E-state index in [4.69, 9.17) is 9.47 Å². The molecular weight excluding hydrogens is 306 g/mol. The third-order valence-corrected chi connectivity index (χ3v) is 3.94. The van der Waals surface area contributed by atoms with Gasteiger partial charge in [-0.05, 0) is 47.1 Å². The highest BCUT2D eigenvalue weighted by atomic mass is 19.3. The molecule has 1 heterocycles. The predicted octanol–water partition coefficient (Wildman–Crippen LogP) is 3.04. The van der Waals surface area contributed by atoms with Crippen LogP contribution in [0.3, 0.4) is 0 Å². The molecule has 2 unspecified atom stereocenters. The Morgan fingerprint density at radius 3 is 2.70 bits per heavy atom. The molecular formula is C16H30F2N2O3. The smallest absolute Gasteiger partial charge is 0.410 e. The Kier molecular flexibility index (Phi) is 7.20. The van der Waals surface area contributed by atoms with Crippen molar-refractivity contribution in [3.63, 3.8) is 0 Å². The summed E-state index contributed by atoms with van der Waals surface area (Å²) in [5.74, 6) is -2.75. The van der Waals surface area contributed by atoms with E-state index in [1.54, 1.807) is 27.8 Å². The van der Waals surface area contributed by atoms with E-state index in [1.165, 1.54) is 4.90 Å². The number of hydrogen-bond acceptors (Lipinski definition) is 4. The summed E-state index contributed by atoms with van der Waals surface area (Å²) in [6, 6.07) is -0.975. The predicted molar refractivity (Wildman–Crippen MR) is 84.9 cm³/mol. The Labute approximate surface area is 137 Å². The molecule has 1 aliphatic heterocycles. The average molecular weight is 336 g/mol. The molecule has 1 N–H and O–H groups in total. The van der Waals surface area contributed by atoms with Crippen LogP contribution in [0.25, 0.3) is 0 Å². The third kappa shape index (κ3) is 6.99. The minimum absolute atomic E-state index is 0.100. The lowest BCUT2D eigenvalue weighted by molar-refractivity contribution is -0.0442. The van der Waals surface area contributed by atoms with E-state index < -0.39 is 23.7 Å². The molecule has 1 fully saturated rings. The van der Waals surface area contributed by atoms with E-state index in [2.05, 4.69) is 5.32 Å². The monoisotopic (exact) mass is 336 g/mol. The fourth-order valence-corrected chi connectivity index (χ4v) is 2.32. The number of nitrogens with zero attached hydrogens (tertiary/aromatic N) is 1. The molecule has 0 spiro atoms. The molecule has 0 aromatic heterocycles. The van der Waals surface area contributed by atoms with Crippen molar-refractivity contribution in [2.24, 2.45) is 0 Å².